The number of benzene rings is 2. The molecule has 2 amide bonds. The Hall–Kier alpha value is -3.39. The maximum atomic E-state index is 12.9. The second-order valence-corrected chi connectivity index (χ2v) is 7.43. The number of hydrogen-bond donors (Lipinski definition) is 5. The van der Waals surface area contributed by atoms with Crippen molar-refractivity contribution in [1.82, 2.24) is 15.5 Å². The molecular formula is C23H31N5O3. The molecule has 1 atom stereocenters. The van der Waals surface area contributed by atoms with Gasteiger partial charge in [-0.2, -0.15) is 0 Å². The maximum Gasteiger partial charge on any atom is 0.240 e. The first kappa shape index (κ1) is 23.9. The highest BCUT2D eigenvalue weighted by Crippen LogP contribution is 2.18. The standard InChI is InChI=1S/C23H31N5O3/c1-3-11-26-19(12-16-7-5-4-6-8-16)23(31)28(2)15-21(30)27-14-17-9-10-18(22(24)25)20(29)13-17/h4-10,13,19,26,29H,3,11-12,14-15H2,1-2H3,(H3,24,25)(H,27,30)/t19-/m1/s1. The number of carbonyl (C=O) groups excluding carboxylic acids is 2. The molecule has 0 saturated carbocycles. The van der Waals surface area contributed by atoms with E-state index in [1.54, 1.807) is 13.1 Å². The molecule has 8 heteroatoms. The Morgan fingerprint density at radius 2 is 1.87 bits per heavy atom. The van der Waals surface area contributed by atoms with Gasteiger partial charge in [-0.15, -0.1) is 0 Å². The van der Waals surface area contributed by atoms with Crippen molar-refractivity contribution in [3.63, 3.8) is 0 Å². The van der Waals surface area contributed by atoms with E-state index in [0.29, 0.717) is 18.5 Å². The van der Waals surface area contributed by atoms with E-state index in [1.165, 1.54) is 17.0 Å². The zero-order valence-electron chi connectivity index (χ0n) is 18.0. The summed E-state index contributed by atoms with van der Waals surface area (Å²) in [5.74, 6) is -0.789. The highest BCUT2D eigenvalue weighted by Gasteiger charge is 2.23. The molecule has 8 nitrogen and oxygen atoms in total. The average molecular weight is 426 g/mol. The number of carbonyl (C=O) groups is 2. The monoisotopic (exact) mass is 425 g/mol. The highest BCUT2D eigenvalue weighted by atomic mass is 16.3. The average Bonchev–Trinajstić information content (AvgIpc) is 2.75. The van der Waals surface area contributed by atoms with Crippen molar-refractivity contribution >= 4 is 17.6 Å². The van der Waals surface area contributed by atoms with E-state index in [1.807, 2.05) is 37.3 Å². The fourth-order valence-corrected chi connectivity index (χ4v) is 3.15. The second-order valence-electron chi connectivity index (χ2n) is 7.43. The van der Waals surface area contributed by atoms with E-state index in [9.17, 15) is 14.7 Å². The van der Waals surface area contributed by atoms with Gasteiger partial charge in [0.25, 0.3) is 0 Å². The summed E-state index contributed by atoms with van der Waals surface area (Å²) >= 11 is 0. The minimum absolute atomic E-state index is 0.0740. The van der Waals surface area contributed by atoms with Crippen LogP contribution in [0.1, 0.15) is 30.0 Å². The van der Waals surface area contributed by atoms with Gasteiger partial charge < -0.3 is 26.4 Å². The van der Waals surface area contributed by atoms with E-state index in [0.717, 1.165) is 12.0 Å². The topological polar surface area (TPSA) is 132 Å². The summed E-state index contributed by atoms with van der Waals surface area (Å²) < 4.78 is 0. The van der Waals surface area contributed by atoms with Crippen LogP contribution in [0.25, 0.3) is 0 Å². The lowest BCUT2D eigenvalue weighted by Crippen LogP contribution is -2.49. The van der Waals surface area contributed by atoms with E-state index in [-0.39, 0.29) is 42.1 Å². The van der Waals surface area contributed by atoms with Crippen LogP contribution >= 0.6 is 0 Å². The number of nitrogens with zero attached hydrogens (tertiary/aromatic N) is 1. The van der Waals surface area contributed by atoms with Crippen molar-refractivity contribution in [3.05, 3.63) is 65.2 Å². The number of nitrogens with two attached hydrogens (primary N) is 1. The number of rotatable bonds is 11. The molecule has 0 heterocycles. The van der Waals surface area contributed by atoms with E-state index >= 15 is 0 Å². The number of nitrogen functional groups attached to an aromatic ring is 1. The van der Waals surface area contributed by atoms with Gasteiger partial charge >= 0.3 is 0 Å². The van der Waals surface area contributed by atoms with Crippen molar-refractivity contribution in [1.29, 1.82) is 5.41 Å². The van der Waals surface area contributed by atoms with Gasteiger partial charge in [0.15, 0.2) is 0 Å². The zero-order chi connectivity index (χ0) is 22.8. The molecule has 0 unspecified atom stereocenters. The molecule has 0 aliphatic heterocycles. The number of amides is 2. The first-order valence-corrected chi connectivity index (χ1v) is 10.3. The smallest absolute Gasteiger partial charge is 0.240 e. The Morgan fingerprint density at radius 1 is 1.16 bits per heavy atom. The minimum Gasteiger partial charge on any atom is -0.507 e. The second kappa shape index (κ2) is 11.7. The molecule has 166 valence electrons. The molecule has 0 saturated heterocycles. The van der Waals surface area contributed by atoms with Crippen molar-refractivity contribution in [2.75, 3.05) is 20.1 Å². The quantitative estimate of drug-likeness (QED) is 0.274. The Kier molecular flexibility index (Phi) is 9.02. The molecule has 0 fully saturated rings. The first-order chi connectivity index (χ1) is 14.8. The van der Waals surface area contributed by atoms with Gasteiger partial charge in [-0.1, -0.05) is 43.3 Å². The molecule has 0 radical (unpaired) electrons. The van der Waals surface area contributed by atoms with Crippen LogP contribution in [-0.4, -0.2) is 53.8 Å². The third-order valence-electron chi connectivity index (χ3n) is 4.82. The lowest BCUT2D eigenvalue weighted by molar-refractivity contribution is -0.136. The summed E-state index contributed by atoms with van der Waals surface area (Å²) in [6.45, 7) is 2.86. The summed E-state index contributed by atoms with van der Waals surface area (Å²) in [5.41, 5.74) is 7.34. The van der Waals surface area contributed by atoms with Crippen molar-refractivity contribution in [2.45, 2.75) is 32.4 Å². The van der Waals surface area contributed by atoms with Gasteiger partial charge in [-0.25, -0.2) is 0 Å². The number of hydrogen-bond acceptors (Lipinski definition) is 5. The molecule has 2 aromatic rings. The summed E-state index contributed by atoms with van der Waals surface area (Å²) in [4.78, 5) is 26.7. The van der Waals surface area contributed by atoms with E-state index in [2.05, 4.69) is 10.6 Å². The molecule has 31 heavy (non-hydrogen) atoms. The van der Waals surface area contributed by atoms with Gasteiger partial charge in [0.1, 0.15) is 11.6 Å². The Balaban J connectivity index is 1.92. The molecule has 0 bridgehead atoms. The largest absolute Gasteiger partial charge is 0.507 e. The Morgan fingerprint density at radius 3 is 2.48 bits per heavy atom. The normalized spacial score (nSPS) is 11.5. The summed E-state index contributed by atoms with van der Waals surface area (Å²) in [5, 5.41) is 23.3. The van der Waals surface area contributed by atoms with Gasteiger partial charge in [-0.05, 0) is 42.6 Å². The van der Waals surface area contributed by atoms with Crippen LogP contribution in [0.15, 0.2) is 48.5 Å². The van der Waals surface area contributed by atoms with Crippen LogP contribution in [0, 0.1) is 5.41 Å². The molecule has 6 N–H and O–H groups in total. The zero-order valence-corrected chi connectivity index (χ0v) is 18.0. The van der Waals surface area contributed by atoms with Crippen LogP contribution in [0.3, 0.4) is 0 Å². The molecule has 0 aromatic heterocycles. The lowest BCUT2D eigenvalue weighted by atomic mass is 10.0. The van der Waals surface area contributed by atoms with Crippen molar-refractivity contribution in [2.24, 2.45) is 5.73 Å². The van der Waals surface area contributed by atoms with E-state index < -0.39 is 6.04 Å². The van der Waals surface area contributed by atoms with Gasteiger partial charge in [0, 0.05) is 13.6 Å². The minimum atomic E-state index is -0.406. The number of likely N-dealkylation sites (N-methyl/N-ethyl adjacent to an activating group) is 1. The fraction of sp³-hybridized carbons (Fsp3) is 0.348. The third kappa shape index (κ3) is 7.42. The number of amidine groups is 1. The predicted molar refractivity (Wildman–Crippen MR) is 121 cm³/mol. The predicted octanol–water partition coefficient (Wildman–Crippen LogP) is 1.36. The maximum absolute atomic E-state index is 12.9. The number of phenols is 1. The molecule has 0 aliphatic carbocycles. The third-order valence-corrected chi connectivity index (χ3v) is 4.82. The van der Waals surface area contributed by atoms with Crippen LogP contribution in [0.4, 0.5) is 0 Å². The van der Waals surface area contributed by atoms with Crippen molar-refractivity contribution < 1.29 is 14.7 Å². The van der Waals surface area contributed by atoms with Gasteiger partial charge in [0.2, 0.25) is 11.8 Å². The number of aromatic hydroxyl groups is 1. The fourth-order valence-electron chi connectivity index (χ4n) is 3.15. The van der Waals surface area contributed by atoms with Gasteiger partial charge in [-0.3, -0.25) is 15.0 Å². The highest BCUT2D eigenvalue weighted by molar-refractivity contribution is 5.97. The summed E-state index contributed by atoms with van der Waals surface area (Å²) in [6.07, 6.45) is 1.45. The molecule has 0 aliphatic rings. The molecular weight excluding hydrogens is 394 g/mol. The van der Waals surface area contributed by atoms with Crippen LogP contribution in [-0.2, 0) is 22.6 Å². The van der Waals surface area contributed by atoms with E-state index in [4.69, 9.17) is 11.1 Å². The summed E-state index contributed by atoms with van der Waals surface area (Å²) in [7, 11) is 1.61. The lowest BCUT2D eigenvalue weighted by Gasteiger charge is -2.24. The van der Waals surface area contributed by atoms with Crippen LogP contribution < -0.4 is 16.4 Å². The van der Waals surface area contributed by atoms with Gasteiger partial charge in [0.05, 0.1) is 18.2 Å². The number of phenolic OH excluding ortho intramolecular Hbond substituents is 1. The van der Waals surface area contributed by atoms with Crippen molar-refractivity contribution in [3.8, 4) is 5.75 Å². The Bertz CT molecular complexity index is 901. The number of nitrogens with one attached hydrogen (secondary N) is 3. The van der Waals surface area contributed by atoms with Crippen LogP contribution in [0.2, 0.25) is 0 Å². The molecule has 0 spiro atoms. The first-order valence-electron chi connectivity index (χ1n) is 10.3. The molecule has 2 aromatic carbocycles. The molecule has 2 rings (SSSR count). The Labute approximate surface area is 183 Å². The van der Waals surface area contributed by atoms with Crippen LogP contribution in [0.5, 0.6) is 5.75 Å². The summed E-state index contributed by atoms with van der Waals surface area (Å²) in [6, 6.07) is 14.0. The SMILES string of the molecule is CCCN[C@H](Cc1ccccc1)C(=O)N(C)CC(=O)NCc1ccc(C(=N)N)c(O)c1.